The molecule has 0 aliphatic rings. The van der Waals surface area contributed by atoms with Gasteiger partial charge in [0.25, 0.3) is 0 Å². The van der Waals surface area contributed by atoms with Crippen LogP contribution >= 0.6 is 0 Å². The van der Waals surface area contributed by atoms with E-state index < -0.39 is 0 Å². The molecule has 0 fully saturated rings. The highest BCUT2D eigenvalue weighted by Gasteiger charge is 1.95. The monoisotopic (exact) mass is 232 g/mol. The van der Waals surface area contributed by atoms with E-state index >= 15 is 0 Å². The average Bonchev–Trinajstić information content (AvgIpc) is 2.34. The summed E-state index contributed by atoms with van der Waals surface area (Å²) in [5.74, 6) is 0.844. The van der Waals surface area contributed by atoms with Crippen molar-refractivity contribution in [3.05, 3.63) is 29.8 Å². The minimum absolute atomic E-state index is 0.670. The van der Waals surface area contributed by atoms with E-state index in [1.54, 1.807) is 12.1 Å². The lowest BCUT2D eigenvalue weighted by Gasteiger charge is -2.09. The van der Waals surface area contributed by atoms with Crippen molar-refractivity contribution < 1.29 is 4.74 Å². The van der Waals surface area contributed by atoms with E-state index in [4.69, 9.17) is 10.00 Å². The van der Waals surface area contributed by atoms with Gasteiger partial charge in [-0.2, -0.15) is 5.26 Å². The van der Waals surface area contributed by atoms with E-state index in [0.29, 0.717) is 5.56 Å². The lowest BCUT2D eigenvalue weighted by atomic mass is 10.2. The number of rotatable bonds is 7. The molecule has 92 valence electrons. The molecule has 0 spiro atoms. The lowest BCUT2D eigenvalue weighted by molar-refractivity contribution is 0.299. The first-order valence-electron chi connectivity index (χ1n) is 6.00. The molecular formula is C14H20N2O. The molecule has 0 N–H and O–H groups in total. The maximum atomic E-state index is 8.65. The van der Waals surface area contributed by atoms with Crippen molar-refractivity contribution in [2.45, 2.75) is 19.3 Å². The Balaban J connectivity index is 2.12. The van der Waals surface area contributed by atoms with Crippen LogP contribution in [0.5, 0.6) is 5.75 Å². The predicted molar refractivity (Wildman–Crippen MR) is 69.1 cm³/mol. The Kier molecular flexibility index (Phi) is 6.13. The van der Waals surface area contributed by atoms with Crippen LogP contribution in [0, 0.1) is 11.3 Å². The summed E-state index contributed by atoms with van der Waals surface area (Å²) >= 11 is 0. The molecule has 0 saturated carbocycles. The Morgan fingerprint density at radius 3 is 2.41 bits per heavy atom. The molecule has 0 unspecified atom stereocenters. The molecule has 1 aromatic carbocycles. The molecule has 1 rings (SSSR count). The third kappa shape index (κ3) is 5.94. The second-order valence-electron chi connectivity index (χ2n) is 4.35. The number of hydrogen-bond acceptors (Lipinski definition) is 3. The third-order valence-electron chi connectivity index (χ3n) is 2.50. The van der Waals surface area contributed by atoms with Crippen LogP contribution in [0.15, 0.2) is 24.3 Å². The number of unbranched alkanes of at least 4 members (excludes halogenated alkanes) is 2. The van der Waals surface area contributed by atoms with Gasteiger partial charge < -0.3 is 9.64 Å². The molecule has 3 nitrogen and oxygen atoms in total. The summed E-state index contributed by atoms with van der Waals surface area (Å²) in [6.45, 7) is 1.89. The van der Waals surface area contributed by atoms with Gasteiger partial charge in [0.2, 0.25) is 0 Å². The largest absolute Gasteiger partial charge is 0.494 e. The molecule has 0 amide bonds. The van der Waals surface area contributed by atoms with Crippen LogP contribution in [0.2, 0.25) is 0 Å². The summed E-state index contributed by atoms with van der Waals surface area (Å²) < 4.78 is 5.59. The highest BCUT2D eigenvalue weighted by atomic mass is 16.5. The van der Waals surface area contributed by atoms with Gasteiger partial charge >= 0.3 is 0 Å². The first-order valence-corrected chi connectivity index (χ1v) is 6.00. The second-order valence-corrected chi connectivity index (χ2v) is 4.35. The van der Waals surface area contributed by atoms with Crippen LogP contribution in [0.4, 0.5) is 0 Å². The number of hydrogen-bond donors (Lipinski definition) is 0. The Bertz CT molecular complexity index is 351. The smallest absolute Gasteiger partial charge is 0.119 e. The molecular weight excluding hydrogens is 212 g/mol. The molecule has 0 aromatic heterocycles. The van der Waals surface area contributed by atoms with Gasteiger partial charge in [0.15, 0.2) is 0 Å². The van der Waals surface area contributed by atoms with Crippen molar-refractivity contribution in [2.75, 3.05) is 27.2 Å². The van der Waals surface area contributed by atoms with Crippen LogP contribution in [0.25, 0.3) is 0 Å². The van der Waals surface area contributed by atoms with Crippen molar-refractivity contribution in [1.29, 1.82) is 5.26 Å². The van der Waals surface area contributed by atoms with Gasteiger partial charge in [-0.15, -0.1) is 0 Å². The zero-order valence-corrected chi connectivity index (χ0v) is 10.6. The first-order chi connectivity index (χ1) is 8.22. The van der Waals surface area contributed by atoms with E-state index in [2.05, 4.69) is 25.1 Å². The second kappa shape index (κ2) is 7.70. The van der Waals surface area contributed by atoms with Gasteiger partial charge in [0.05, 0.1) is 18.2 Å². The van der Waals surface area contributed by atoms with Crippen LogP contribution in [-0.4, -0.2) is 32.1 Å². The molecule has 0 radical (unpaired) electrons. The van der Waals surface area contributed by atoms with E-state index in [1.165, 1.54) is 12.8 Å². The van der Waals surface area contributed by atoms with E-state index in [1.807, 2.05) is 12.1 Å². The molecule has 0 atom stereocenters. The molecule has 0 bridgehead atoms. The minimum atomic E-state index is 0.670. The number of nitrogens with zero attached hydrogens (tertiary/aromatic N) is 2. The average molecular weight is 232 g/mol. The van der Waals surface area contributed by atoms with E-state index in [-0.39, 0.29) is 0 Å². The fourth-order valence-electron chi connectivity index (χ4n) is 1.52. The molecule has 0 heterocycles. The van der Waals surface area contributed by atoms with Crippen molar-refractivity contribution in [3.8, 4) is 11.8 Å². The summed E-state index contributed by atoms with van der Waals surface area (Å²) in [5, 5.41) is 8.65. The molecule has 3 heteroatoms. The number of benzene rings is 1. The quantitative estimate of drug-likeness (QED) is 0.678. The fourth-order valence-corrected chi connectivity index (χ4v) is 1.52. The SMILES string of the molecule is CN(C)CCCCCOc1ccc(C#N)cc1. The molecule has 0 aliphatic heterocycles. The molecule has 0 aliphatic carbocycles. The van der Waals surface area contributed by atoms with Gasteiger partial charge in [-0.25, -0.2) is 0 Å². The van der Waals surface area contributed by atoms with E-state index in [0.717, 1.165) is 25.3 Å². The van der Waals surface area contributed by atoms with Gasteiger partial charge in [0, 0.05) is 0 Å². The summed E-state index contributed by atoms with van der Waals surface area (Å²) in [7, 11) is 4.18. The van der Waals surface area contributed by atoms with Crippen molar-refractivity contribution in [2.24, 2.45) is 0 Å². The van der Waals surface area contributed by atoms with Gasteiger partial charge in [0.1, 0.15) is 5.75 Å². The van der Waals surface area contributed by atoms with Gasteiger partial charge in [-0.3, -0.25) is 0 Å². The Morgan fingerprint density at radius 2 is 1.82 bits per heavy atom. The maximum absolute atomic E-state index is 8.65. The number of nitriles is 1. The highest BCUT2D eigenvalue weighted by molar-refractivity contribution is 5.34. The molecule has 0 saturated heterocycles. The highest BCUT2D eigenvalue weighted by Crippen LogP contribution is 2.12. The van der Waals surface area contributed by atoms with Crippen LogP contribution < -0.4 is 4.74 Å². The van der Waals surface area contributed by atoms with Crippen LogP contribution in [-0.2, 0) is 0 Å². The first kappa shape index (κ1) is 13.5. The van der Waals surface area contributed by atoms with Crippen molar-refractivity contribution in [1.82, 2.24) is 4.90 Å². The van der Waals surface area contributed by atoms with Gasteiger partial charge in [-0.05, 0) is 64.2 Å². The minimum Gasteiger partial charge on any atom is -0.494 e. The van der Waals surface area contributed by atoms with Crippen molar-refractivity contribution in [3.63, 3.8) is 0 Å². The van der Waals surface area contributed by atoms with Crippen LogP contribution in [0.1, 0.15) is 24.8 Å². The zero-order valence-electron chi connectivity index (χ0n) is 10.6. The molecule has 17 heavy (non-hydrogen) atoms. The molecule has 1 aromatic rings. The van der Waals surface area contributed by atoms with E-state index in [9.17, 15) is 0 Å². The normalized spacial score (nSPS) is 10.2. The maximum Gasteiger partial charge on any atom is 0.119 e. The number of ether oxygens (including phenoxy) is 1. The van der Waals surface area contributed by atoms with Crippen molar-refractivity contribution >= 4 is 0 Å². The fraction of sp³-hybridized carbons (Fsp3) is 0.500. The summed E-state index contributed by atoms with van der Waals surface area (Å²) in [4.78, 5) is 2.20. The topological polar surface area (TPSA) is 36.3 Å². The predicted octanol–water partition coefficient (Wildman–Crippen LogP) is 2.67. The summed E-state index contributed by atoms with van der Waals surface area (Å²) in [6.07, 6.45) is 3.48. The standard InChI is InChI=1S/C14H20N2O/c1-16(2)10-4-3-5-11-17-14-8-6-13(12-15)7-9-14/h6-9H,3-5,10-11H2,1-2H3. The zero-order chi connectivity index (χ0) is 12.5. The Labute approximate surface area is 104 Å². The van der Waals surface area contributed by atoms with Crippen LogP contribution in [0.3, 0.4) is 0 Å². The third-order valence-corrected chi connectivity index (χ3v) is 2.50. The lowest BCUT2D eigenvalue weighted by Crippen LogP contribution is -2.13. The summed E-state index contributed by atoms with van der Waals surface area (Å²) in [5.41, 5.74) is 0.670. The Morgan fingerprint density at radius 1 is 1.12 bits per heavy atom. The Hall–Kier alpha value is -1.53. The summed E-state index contributed by atoms with van der Waals surface area (Å²) in [6, 6.07) is 9.34. The van der Waals surface area contributed by atoms with Gasteiger partial charge in [-0.1, -0.05) is 0 Å².